The van der Waals surface area contributed by atoms with Gasteiger partial charge in [0.25, 0.3) is 5.91 Å². The first-order valence-corrected chi connectivity index (χ1v) is 12.2. The monoisotopic (exact) mass is 479 g/mol. The van der Waals surface area contributed by atoms with Gasteiger partial charge in [0.05, 0.1) is 24.5 Å². The Balaban J connectivity index is 1.71. The van der Waals surface area contributed by atoms with Gasteiger partial charge in [0.1, 0.15) is 11.6 Å². The molecule has 1 saturated heterocycles. The molecule has 7 nitrogen and oxygen atoms in total. The molecule has 1 aliphatic heterocycles. The standard InChI is InChI=1S/C27H34FN5O2/c1-4-30-14-16-31(17-15-30)26-25(21(2)29-33(26)24-8-6-5-7-9-24)20-32(18-19-35-3)27(34)22-10-12-23(28)13-11-22/h5-13H,4,14-20H2,1-3H3. The zero-order chi connectivity index (χ0) is 24.8. The number of benzene rings is 2. The van der Waals surface area contributed by atoms with E-state index in [1.807, 2.05) is 41.9 Å². The number of ether oxygens (including phenoxy) is 1. The lowest BCUT2D eigenvalue weighted by atomic mass is 10.1. The molecule has 4 rings (SSSR count). The number of para-hydroxylation sites is 1. The molecule has 1 aromatic heterocycles. The smallest absolute Gasteiger partial charge is 0.254 e. The van der Waals surface area contributed by atoms with Crippen molar-refractivity contribution in [2.24, 2.45) is 0 Å². The van der Waals surface area contributed by atoms with Crippen molar-refractivity contribution in [3.63, 3.8) is 0 Å². The second-order valence-corrected chi connectivity index (χ2v) is 8.78. The Morgan fingerprint density at radius 1 is 1.06 bits per heavy atom. The Bertz CT molecular complexity index is 1110. The number of amides is 1. The third-order valence-electron chi connectivity index (χ3n) is 6.57. The van der Waals surface area contributed by atoms with Gasteiger partial charge in [-0.25, -0.2) is 9.07 Å². The van der Waals surface area contributed by atoms with Gasteiger partial charge in [0, 0.05) is 51.0 Å². The number of anilines is 1. The van der Waals surface area contributed by atoms with Crippen LogP contribution in [-0.4, -0.2) is 78.5 Å². The van der Waals surface area contributed by atoms with Gasteiger partial charge >= 0.3 is 0 Å². The molecule has 35 heavy (non-hydrogen) atoms. The topological polar surface area (TPSA) is 53.8 Å². The van der Waals surface area contributed by atoms with E-state index in [0.29, 0.717) is 25.3 Å². The highest BCUT2D eigenvalue weighted by atomic mass is 19.1. The van der Waals surface area contributed by atoms with Crippen LogP contribution in [0.25, 0.3) is 5.69 Å². The van der Waals surface area contributed by atoms with Crippen molar-refractivity contribution in [3.05, 3.63) is 77.2 Å². The highest BCUT2D eigenvalue weighted by Gasteiger charge is 2.27. The van der Waals surface area contributed by atoms with Crippen molar-refractivity contribution in [1.29, 1.82) is 0 Å². The molecule has 2 aromatic carbocycles. The molecule has 8 heteroatoms. The largest absolute Gasteiger partial charge is 0.383 e. The van der Waals surface area contributed by atoms with Gasteiger partial charge < -0.3 is 19.4 Å². The molecule has 0 bridgehead atoms. The van der Waals surface area contributed by atoms with Gasteiger partial charge in [-0.1, -0.05) is 25.1 Å². The zero-order valence-corrected chi connectivity index (χ0v) is 20.8. The molecule has 3 aromatic rings. The molecule has 186 valence electrons. The summed E-state index contributed by atoms with van der Waals surface area (Å²) in [5.41, 5.74) is 3.35. The second-order valence-electron chi connectivity index (χ2n) is 8.78. The Hall–Kier alpha value is -3.23. The number of likely N-dealkylation sites (N-methyl/N-ethyl adjacent to an activating group) is 1. The number of hydrogen-bond acceptors (Lipinski definition) is 5. The van der Waals surface area contributed by atoms with Crippen LogP contribution in [0.1, 0.15) is 28.5 Å². The number of nitrogens with zero attached hydrogens (tertiary/aromatic N) is 5. The van der Waals surface area contributed by atoms with Crippen LogP contribution in [0.4, 0.5) is 10.2 Å². The van der Waals surface area contributed by atoms with Crippen molar-refractivity contribution >= 4 is 11.7 Å². The lowest BCUT2D eigenvalue weighted by molar-refractivity contribution is 0.0680. The molecule has 0 aliphatic carbocycles. The average Bonchev–Trinajstić information content (AvgIpc) is 3.22. The first-order valence-electron chi connectivity index (χ1n) is 12.2. The van der Waals surface area contributed by atoms with Gasteiger partial charge in [-0.05, 0) is 49.9 Å². The van der Waals surface area contributed by atoms with Crippen LogP contribution < -0.4 is 4.90 Å². The number of piperazine rings is 1. The van der Waals surface area contributed by atoms with Crippen LogP contribution in [0.3, 0.4) is 0 Å². The molecule has 0 saturated carbocycles. The molecule has 0 N–H and O–H groups in total. The van der Waals surface area contributed by atoms with Crippen LogP contribution in [0.15, 0.2) is 54.6 Å². The van der Waals surface area contributed by atoms with Crippen molar-refractivity contribution < 1.29 is 13.9 Å². The minimum Gasteiger partial charge on any atom is -0.383 e. The van der Waals surface area contributed by atoms with E-state index >= 15 is 0 Å². The third kappa shape index (κ3) is 5.71. The lowest BCUT2D eigenvalue weighted by Crippen LogP contribution is -2.47. The minimum absolute atomic E-state index is 0.157. The van der Waals surface area contributed by atoms with Crippen LogP contribution in [-0.2, 0) is 11.3 Å². The molecule has 0 radical (unpaired) electrons. The van der Waals surface area contributed by atoms with E-state index in [-0.39, 0.29) is 11.7 Å². The minimum atomic E-state index is -0.363. The molecular weight excluding hydrogens is 445 g/mol. The number of aromatic nitrogens is 2. The van der Waals surface area contributed by atoms with E-state index in [4.69, 9.17) is 9.84 Å². The molecule has 0 spiro atoms. The van der Waals surface area contributed by atoms with E-state index in [1.165, 1.54) is 24.3 Å². The SMILES string of the molecule is CCN1CCN(c2c(CN(CCOC)C(=O)c3ccc(F)cc3)c(C)nn2-c2ccccc2)CC1. The van der Waals surface area contributed by atoms with E-state index in [1.54, 1.807) is 12.0 Å². The number of methoxy groups -OCH3 is 1. The molecule has 0 atom stereocenters. The molecule has 1 amide bonds. The Morgan fingerprint density at radius 2 is 1.74 bits per heavy atom. The van der Waals surface area contributed by atoms with Crippen LogP contribution >= 0.6 is 0 Å². The van der Waals surface area contributed by atoms with Crippen LogP contribution in [0.5, 0.6) is 0 Å². The molecule has 0 unspecified atom stereocenters. The van der Waals surface area contributed by atoms with Gasteiger partial charge in [-0.2, -0.15) is 5.10 Å². The fraction of sp³-hybridized carbons (Fsp3) is 0.407. The first kappa shape index (κ1) is 24.9. The predicted molar refractivity (Wildman–Crippen MR) is 136 cm³/mol. The summed E-state index contributed by atoms with van der Waals surface area (Å²) >= 11 is 0. The van der Waals surface area contributed by atoms with E-state index in [0.717, 1.165) is 55.5 Å². The summed E-state index contributed by atoms with van der Waals surface area (Å²) in [6.45, 7) is 10.2. The van der Waals surface area contributed by atoms with Gasteiger partial charge in [-0.15, -0.1) is 0 Å². The lowest BCUT2D eigenvalue weighted by Gasteiger charge is -2.36. The van der Waals surface area contributed by atoms with Crippen LogP contribution in [0, 0.1) is 12.7 Å². The highest BCUT2D eigenvalue weighted by molar-refractivity contribution is 5.94. The summed E-state index contributed by atoms with van der Waals surface area (Å²) in [5.74, 6) is 0.507. The maximum absolute atomic E-state index is 13.5. The van der Waals surface area contributed by atoms with Crippen molar-refractivity contribution in [3.8, 4) is 5.69 Å². The Labute approximate surface area is 206 Å². The van der Waals surface area contributed by atoms with Gasteiger partial charge in [0.15, 0.2) is 0 Å². The quantitative estimate of drug-likeness (QED) is 0.468. The van der Waals surface area contributed by atoms with Gasteiger partial charge in [0.2, 0.25) is 0 Å². The summed E-state index contributed by atoms with van der Waals surface area (Å²) in [7, 11) is 1.62. The maximum atomic E-state index is 13.5. The van der Waals surface area contributed by atoms with E-state index < -0.39 is 0 Å². The fourth-order valence-corrected chi connectivity index (χ4v) is 4.50. The Kier molecular flexibility index (Phi) is 8.15. The molecule has 1 fully saturated rings. The summed E-state index contributed by atoms with van der Waals surface area (Å²) < 4.78 is 20.8. The van der Waals surface area contributed by atoms with Crippen molar-refractivity contribution in [2.75, 3.05) is 57.9 Å². The molecule has 1 aliphatic rings. The fourth-order valence-electron chi connectivity index (χ4n) is 4.50. The first-order chi connectivity index (χ1) is 17.0. The molecular formula is C27H34FN5O2. The summed E-state index contributed by atoms with van der Waals surface area (Å²) in [6, 6.07) is 15.8. The summed E-state index contributed by atoms with van der Waals surface area (Å²) in [5, 5.41) is 4.91. The van der Waals surface area contributed by atoms with Crippen LogP contribution in [0.2, 0.25) is 0 Å². The molecule has 2 heterocycles. The number of aryl methyl sites for hydroxylation is 1. The number of carbonyl (C=O) groups is 1. The van der Waals surface area contributed by atoms with Crippen molar-refractivity contribution in [2.45, 2.75) is 20.4 Å². The number of halogens is 1. The third-order valence-corrected chi connectivity index (χ3v) is 6.57. The highest BCUT2D eigenvalue weighted by Crippen LogP contribution is 2.30. The Morgan fingerprint density at radius 3 is 2.37 bits per heavy atom. The van der Waals surface area contributed by atoms with Crippen molar-refractivity contribution in [1.82, 2.24) is 19.6 Å². The number of carbonyl (C=O) groups excluding carboxylic acids is 1. The maximum Gasteiger partial charge on any atom is 0.254 e. The van der Waals surface area contributed by atoms with E-state index in [9.17, 15) is 9.18 Å². The summed E-state index contributed by atoms with van der Waals surface area (Å²) in [6.07, 6.45) is 0. The number of hydrogen-bond donors (Lipinski definition) is 0. The van der Waals surface area contributed by atoms with E-state index in [2.05, 4.69) is 16.7 Å². The summed E-state index contributed by atoms with van der Waals surface area (Å²) in [4.78, 5) is 20.0. The predicted octanol–water partition coefficient (Wildman–Crippen LogP) is 3.75. The number of rotatable bonds is 9. The average molecular weight is 480 g/mol. The zero-order valence-electron chi connectivity index (χ0n) is 20.8. The van der Waals surface area contributed by atoms with Gasteiger partial charge in [-0.3, -0.25) is 4.79 Å². The second kappa shape index (κ2) is 11.5. The normalized spacial score (nSPS) is 14.3.